The molecule has 0 spiro atoms. The molecule has 0 aliphatic carbocycles. The molecule has 0 saturated heterocycles. The third kappa shape index (κ3) is 4.38. The summed E-state index contributed by atoms with van der Waals surface area (Å²) in [4.78, 5) is 13.1. The molecule has 0 aromatic heterocycles. The van der Waals surface area contributed by atoms with E-state index in [1.165, 1.54) is 17.4 Å². The average Bonchev–Trinajstić information content (AvgIpc) is 2.25. The number of anilines is 1. The standard InChI is InChI=1S/C12H17NOS/c1-3-13(9-10-15-11(2)14)12-7-5-4-6-8-12/h4-8H,3,9-10H2,1-2H3. The van der Waals surface area contributed by atoms with Crippen molar-refractivity contribution in [3.05, 3.63) is 30.3 Å². The minimum Gasteiger partial charge on any atom is -0.371 e. The Morgan fingerprint density at radius 1 is 1.33 bits per heavy atom. The van der Waals surface area contributed by atoms with Crippen molar-refractivity contribution in [3.8, 4) is 0 Å². The number of nitrogens with zero attached hydrogens (tertiary/aromatic N) is 1. The molecule has 2 nitrogen and oxygen atoms in total. The quantitative estimate of drug-likeness (QED) is 0.765. The molecule has 0 aliphatic rings. The molecule has 0 heterocycles. The molecular weight excluding hydrogens is 206 g/mol. The lowest BCUT2D eigenvalue weighted by Crippen LogP contribution is -2.25. The average molecular weight is 223 g/mol. The number of carbonyl (C=O) groups is 1. The van der Waals surface area contributed by atoms with Crippen LogP contribution in [-0.4, -0.2) is 24.0 Å². The van der Waals surface area contributed by atoms with Crippen molar-refractivity contribution < 1.29 is 4.79 Å². The number of para-hydroxylation sites is 1. The fourth-order valence-corrected chi connectivity index (χ4v) is 2.01. The second kappa shape index (κ2) is 6.51. The van der Waals surface area contributed by atoms with Crippen molar-refractivity contribution in [2.45, 2.75) is 13.8 Å². The van der Waals surface area contributed by atoms with Crippen LogP contribution in [-0.2, 0) is 4.79 Å². The highest BCUT2D eigenvalue weighted by Gasteiger charge is 2.03. The summed E-state index contributed by atoms with van der Waals surface area (Å²) in [5.74, 6) is 0.859. The van der Waals surface area contributed by atoms with Crippen molar-refractivity contribution in [2.24, 2.45) is 0 Å². The van der Waals surface area contributed by atoms with E-state index in [4.69, 9.17) is 0 Å². The first-order valence-corrected chi connectivity index (χ1v) is 6.16. The maximum absolute atomic E-state index is 10.8. The molecule has 0 fully saturated rings. The predicted molar refractivity (Wildman–Crippen MR) is 67.5 cm³/mol. The Balaban J connectivity index is 2.46. The van der Waals surface area contributed by atoms with Gasteiger partial charge in [-0.05, 0) is 19.1 Å². The molecular formula is C12H17NOS. The third-order valence-corrected chi connectivity index (χ3v) is 2.96. The summed E-state index contributed by atoms with van der Waals surface area (Å²) in [6.45, 7) is 5.64. The van der Waals surface area contributed by atoms with E-state index in [0.717, 1.165) is 18.8 Å². The summed E-state index contributed by atoms with van der Waals surface area (Å²) in [5, 5.41) is 0.194. The first-order chi connectivity index (χ1) is 7.24. The van der Waals surface area contributed by atoms with Crippen LogP contribution in [0.4, 0.5) is 5.69 Å². The number of carbonyl (C=O) groups excluding carboxylic acids is 1. The van der Waals surface area contributed by atoms with E-state index in [2.05, 4.69) is 24.0 Å². The molecule has 3 heteroatoms. The summed E-state index contributed by atoms with van der Waals surface area (Å²) in [7, 11) is 0. The minimum atomic E-state index is 0.194. The number of hydrogen-bond donors (Lipinski definition) is 0. The molecule has 15 heavy (non-hydrogen) atoms. The van der Waals surface area contributed by atoms with E-state index in [-0.39, 0.29) is 5.12 Å². The number of thioether (sulfide) groups is 1. The number of benzene rings is 1. The van der Waals surface area contributed by atoms with Crippen LogP contribution in [0.1, 0.15) is 13.8 Å². The Bertz CT molecular complexity index is 300. The van der Waals surface area contributed by atoms with Gasteiger partial charge in [0.25, 0.3) is 0 Å². The predicted octanol–water partition coefficient (Wildman–Crippen LogP) is 2.79. The minimum absolute atomic E-state index is 0.194. The molecule has 0 radical (unpaired) electrons. The van der Waals surface area contributed by atoms with Crippen LogP contribution >= 0.6 is 11.8 Å². The van der Waals surface area contributed by atoms with Gasteiger partial charge in [0.15, 0.2) is 5.12 Å². The Morgan fingerprint density at radius 2 is 2.00 bits per heavy atom. The Hall–Kier alpha value is -0.960. The highest BCUT2D eigenvalue weighted by Crippen LogP contribution is 2.13. The van der Waals surface area contributed by atoms with Gasteiger partial charge in [0.1, 0.15) is 0 Å². The molecule has 0 bridgehead atoms. The lowest BCUT2D eigenvalue weighted by Gasteiger charge is -2.22. The third-order valence-electron chi connectivity index (χ3n) is 2.17. The van der Waals surface area contributed by atoms with Crippen molar-refractivity contribution in [2.75, 3.05) is 23.7 Å². The fraction of sp³-hybridized carbons (Fsp3) is 0.417. The van der Waals surface area contributed by atoms with E-state index in [9.17, 15) is 4.79 Å². The van der Waals surface area contributed by atoms with Crippen molar-refractivity contribution in [1.29, 1.82) is 0 Å². The lowest BCUT2D eigenvalue weighted by atomic mass is 10.3. The van der Waals surface area contributed by atoms with Crippen LogP contribution in [0.5, 0.6) is 0 Å². The number of hydrogen-bond acceptors (Lipinski definition) is 3. The molecule has 0 saturated carbocycles. The summed E-state index contributed by atoms with van der Waals surface area (Å²) in [6.07, 6.45) is 0. The summed E-state index contributed by atoms with van der Waals surface area (Å²) < 4.78 is 0. The van der Waals surface area contributed by atoms with E-state index >= 15 is 0 Å². The van der Waals surface area contributed by atoms with Crippen molar-refractivity contribution >= 4 is 22.6 Å². The molecule has 0 aliphatic heterocycles. The monoisotopic (exact) mass is 223 g/mol. The molecule has 0 unspecified atom stereocenters. The van der Waals surface area contributed by atoms with E-state index in [0.29, 0.717) is 0 Å². The molecule has 1 aromatic rings. The first kappa shape index (κ1) is 12.1. The summed E-state index contributed by atoms with van der Waals surface area (Å²) in [6, 6.07) is 10.3. The topological polar surface area (TPSA) is 20.3 Å². The van der Waals surface area contributed by atoms with Gasteiger partial charge in [-0.15, -0.1) is 0 Å². The number of rotatable bonds is 5. The van der Waals surface area contributed by atoms with Gasteiger partial charge < -0.3 is 4.90 Å². The van der Waals surface area contributed by atoms with Gasteiger partial charge in [-0.1, -0.05) is 30.0 Å². The van der Waals surface area contributed by atoms with Crippen molar-refractivity contribution in [3.63, 3.8) is 0 Å². The zero-order chi connectivity index (χ0) is 11.1. The second-order valence-electron chi connectivity index (χ2n) is 3.26. The van der Waals surface area contributed by atoms with Gasteiger partial charge >= 0.3 is 0 Å². The van der Waals surface area contributed by atoms with Gasteiger partial charge in [0, 0.05) is 31.5 Å². The molecule has 1 rings (SSSR count). The molecule has 0 atom stereocenters. The van der Waals surface area contributed by atoms with Crippen LogP contribution in [0.15, 0.2) is 30.3 Å². The van der Waals surface area contributed by atoms with Crippen molar-refractivity contribution in [1.82, 2.24) is 0 Å². The fourth-order valence-electron chi connectivity index (χ4n) is 1.41. The largest absolute Gasteiger partial charge is 0.371 e. The maximum atomic E-state index is 10.8. The smallest absolute Gasteiger partial charge is 0.185 e. The Labute approximate surface area is 95.7 Å². The van der Waals surface area contributed by atoms with Gasteiger partial charge in [-0.2, -0.15) is 0 Å². The first-order valence-electron chi connectivity index (χ1n) is 5.17. The van der Waals surface area contributed by atoms with Gasteiger partial charge in [-0.25, -0.2) is 0 Å². The Morgan fingerprint density at radius 3 is 2.53 bits per heavy atom. The van der Waals surface area contributed by atoms with E-state index in [1.807, 2.05) is 18.2 Å². The molecule has 0 amide bonds. The lowest BCUT2D eigenvalue weighted by molar-refractivity contribution is -0.109. The molecule has 1 aromatic carbocycles. The summed E-state index contributed by atoms with van der Waals surface area (Å²) >= 11 is 1.39. The highest BCUT2D eigenvalue weighted by molar-refractivity contribution is 8.13. The van der Waals surface area contributed by atoms with E-state index < -0.39 is 0 Å². The molecule has 0 N–H and O–H groups in total. The van der Waals surface area contributed by atoms with Crippen LogP contribution in [0, 0.1) is 0 Å². The zero-order valence-corrected chi connectivity index (χ0v) is 10.1. The van der Waals surface area contributed by atoms with Crippen LogP contribution < -0.4 is 4.90 Å². The zero-order valence-electron chi connectivity index (χ0n) is 9.27. The second-order valence-corrected chi connectivity index (χ2v) is 4.53. The van der Waals surface area contributed by atoms with Gasteiger partial charge in [-0.3, -0.25) is 4.79 Å². The normalized spacial score (nSPS) is 10.0. The van der Waals surface area contributed by atoms with Crippen LogP contribution in [0.3, 0.4) is 0 Å². The SMILES string of the molecule is CCN(CCSC(C)=O)c1ccccc1. The highest BCUT2D eigenvalue weighted by atomic mass is 32.2. The Kier molecular flexibility index (Phi) is 5.26. The van der Waals surface area contributed by atoms with E-state index in [1.54, 1.807) is 6.92 Å². The van der Waals surface area contributed by atoms with Crippen LogP contribution in [0.25, 0.3) is 0 Å². The van der Waals surface area contributed by atoms with Gasteiger partial charge in [0.2, 0.25) is 0 Å². The maximum Gasteiger partial charge on any atom is 0.185 e. The molecule has 82 valence electrons. The summed E-state index contributed by atoms with van der Waals surface area (Å²) in [5.41, 5.74) is 1.23. The van der Waals surface area contributed by atoms with Gasteiger partial charge in [0.05, 0.1) is 0 Å². The van der Waals surface area contributed by atoms with Crippen LogP contribution in [0.2, 0.25) is 0 Å².